The summed E-state index contributed by atoms with van der Waals surface area (Å²) < 4.78 is 22.1. The van der Waals surface area contributed by atoms with Crippen molar-refractivity contribution in [1.29, 1.82) is 0 Å². The van der Waals surface area contributed by atoms with E-state index in [2.05, 4.69) is 19.9 Å². The molecule has 0 bridgehead atoms. The molecule has 10 heteroatoms. The van der Waals surface area contributed by atoms with Crippen LogP contribution in [0, 0.1) is 6.92 Å². The van der Waals surface area contributed by atoms with Crippen LogP contribution in [0.3, 0.4) is 0 Å². The van der Waals surface area contributed by atoms with Gasteiger partial charge in [-0.3, -0.25) is 9.78 Å². The summed E-state index contributed by atoms with van der Waals surface area (Å²) in [5, 5.41) is 0.492. The summed E-state index contributed by atoms with van der Waals surface area (Å²) in [6.07, 6.45) is 3.32. The number of pyridine rings is 1. The number of nitrogens with one attached hydrogen (secondary N) is 1. The number of aromatic amines is 1. The van der Waals surface area contributed by atoms with Crippen LogP contribution in [0.15, 0.2) is 57.1 Å². The highest BCUT2D eigenvalue weighted by molar-refractivity contribution is 7.98. The lowest BCUT2D eigenvalue weighted by atomic mass is 10.2. The first-order valence-electron chi connectivity index (χ1n) is 9.93. The highest BCUT2D eigenvalue weighted by atomic mass is 32.2. The van der Waals surface area contributed by atoms with Gasteiger partial charge in [-0.25, -0.2) is 9.97 Å². The Labute approximate surface area is 194 Å². The van der Waals surface area contributed by atoms with Crippen molar-refractivity contribution in [2.45, 2.75) is 17.8 Å². The van der Waals surface area contributed by atoms with Gasteiger partial charge in [0.1, 0.15) is 5.76 Å². The van der Waals surface area contributed by atoms with Gasteiger partial charge < -0.3 is 23.6 Å². The molecule has 170 valence electrons. The molecular formula is C23H22N4O5S. The van der Waals surface area contributed by atoms with Crippen LogP contribution >= 0.6 is 11.8 Å². The molecule has 0 amide bonds. The summed E-state index contributed by atoms with van der Waals surface area (Å²) >= 11 is 1.37. The molecule has 0 spiro atoms. The molecule has 3 aromatic heterocycles. The zero-order valence-electron chi connectivity index (χ0n) is 18.5. The van der Waals surface area contributed by atoms with Crippen molar-refractivity contribution in [2.24, 2.45) is 0 Å². The number of hydrogen-bond donors (Lipinski definition) is 1. The number of oxazole rings is 1. The first kappa shape index (κ1) is 22.4. The van der Waals surface area contributed by atoms with Gasteiger partial charge in [-0.15, -0.1) is 0 Å². The number of methoxy groups -OCH3 is 3. The summed E-state index contributed by atoms with van der Waals surface area (Å²) in [5.41, 5.74) is 2.60. The average Bonchev–Trinajstić information content (AvgIpc) is 3.22. The average molecular weight is 467 g/mol. The molecular weight excluding hydrogens is 444 g/mol. The summed E-state index contributed by atoms with van der Waals surface area (Å²) in [4.78, 5) is 28.1. The van der Waals surface area contributed by atoms with Crippen molar-refractivity contribution in [2.75, 3.05) is 21.3 Å². The molecule has 3 heterocycles. The molecule has 33 heavy (non-hydrogen) atoms. The molecule has 0 fully saturated rings. The molecule has 1 aromatic carbocycles. The third-order valence-electron chi connectivity index (χ3n) is 4.85. The number of ether oxygens (including phenoxy) is 3. The number of benzene rings is 1. The molecule has 0 aliphatic rings. The fraction of sp³-hybridized carbons (Fsp3) is 0.217. The normalized spacial score (nSPS) is 10.8. The highest BCUT2D eigenvalue weighted by Crippen LogP contribution is 2.41. The van der Waals surface area contributed by atoms with Crippen LogP contribution in [0.1, 0.15) is 11.5 Å². The minimum atomic E-state index is -0.228. The van der Waals surface area contributed by atoms with E-state index in [1.54, 1.807) is 45.9 Å². The zero-order valence-corrected chi connectivity index (χ0v) is 19.4. The molecule has 0 unspecified atom stereocenters. The van der Waals surface area contributed by atoms with E-state index in [0.717, 1.165) is 11.3 Å². The molecule has 4 aromatic rings. The number of H-pyrrole nitrogens is 1. The molecule has 0 atom stereocenters. The molecule has 0 saturated heterocycles. The van der Waals surface area contributed by atoms with Gasteiger partial charge in [0.15, 0.2) is 16.7 Å². The second kappa shape index (κ2) is 9.78. The smallest absolute Gasteiger partial charge is 0.252 e. The van der Waals surface area contributed by atoms with Gasteiger partial charge in [0.25, 0.3) is 5.56 Å². The Balaban J connectivity index is 1.58. The second-order valence-electron chi connectivity index (χ2n) is 6.90. The molecule has 0 saturated carbocycles. The van der Waals surface area contributed by atoms with Crippen LogP contribution in [0.4, 0.5) is 0 Å². The van der Waals surface area contributed by atoms with Crippen LogP contribution in [0.25, 0.3) is 22.7 Å². The number of aromatic nitrogens is 4. The molecule has 9 nitrogen and oxygen atoms in total. The van der Waals surface area contributed by atoms with Crippen LogP contribution < -0.4 is 19.8 Å². The standard InChI is InChI=1S/C23H22N4O5S/c1-13-17(12-33-23-26-16(11-20(28)27-23)14-5-7-24-8-6-14)25-22(32-13)15-9-18(29-2)21(31-4)19(10-15)30-3/h5-11H,12H2,1-4H3,(H,26,27,28). The van der Waals surface area contributed by atoms with Crippen molar-refractivity contribution < 1.29 is 18.6 Å². The maximum absolute atomic E-state index is 12.1. The number of nitrogens with zero attached hydrogens (tertiary/aromatic N) is 3. The van der Waals surface area contributed by atoms with Gasteiger partial charge in [0.05, 0.1) is 32.7 Å². The zero-order chi connectivity index (χ0) is 23.4. The molecule has 0 aliphatic carbocycles. The number of thioether (sulfide) groups is 1. The monoisotopic (exact) mass is 466 g/mol. The lowest BCUT2D eigenvalue weighted by molar-refractivity contribution is 0.324. The maximum Gasteiger partial charge on any atom is 0.252 e. The van der Waals surface area contributed by atoms with E-state index in [9.17, 15) is 4.79 Å². The van der Waals surface area contributed by atoms with Gasteiger partial charge in [-0.05, 0) is 31.2 Å². The van der Waals surface area contributed by atoms with Crippen molar-refractivity contribution >= 4 is 11.8 Å². The van der Waals surface area contributed by atoms with E-state index < -0.39 is 0 Å². The van der Waals surface area contributed by atoms with Crippen LogP contribution in [0.5, 0.6) is 17.2 Å². The first-order chi connectivity index (χ1) is 16.0. The SMILES string of the molecule is COc1cc(-c2nc(CSc3nc(-c4ccncc4)cc(=O)[nH]3)c(C)o2)cc(OC)c1OC. The van der Waals surface area contributed by atoms with Gasteiger partial charge >= 0.3 is 0 Å². The molecule has 1 N–H and O–H groups in total. The maximum atomic E-state index is 12.1. The minimum Gasteiger partial charge on any atom is -0.493 e. The van der Waals surface area contributed by atoms with Crippen LogP contribution in [-0.2, 0) is 5.75 Å². The van der Waals surface area contributed by atoms with E-state index in [0.29, 0.717) is 51.1 Å². The molecule has 4 rings (SSSR count). The summed E-state index contributed by atoms with van der Waals surface area (Å²) in [6, 6.07) is 8.63. The van der Waals surface area contributed by atoms with E-state index in [1.165, 1.54) is 17.8 Å². The Bertz CT molecular complexity index is 1300. The molecule has 0 radical (unpaired) electrons. The Hall–Kier alpha value is -3.79. The van der Waals surface area contributed by atoms with E-state index in [-0.39, 0.29) is 5.56 Å². The predicted molar refractivity (Wildman–Crippen MR) is 124 cm³/mol. The van der Waals surface area contributed by atoms with Gasteiger partial charge in [0, 0.05) is 35.3 Å². The van der Waals surface area contributed by atoms with Crippen molar-refractivity contribution in [3.05, 3.63) is 64.5 Å². The van der Waals surface area contributed by atoms with Crippen molar-refractivity contribution in [1.82, 2.24) is 19.9 Å². The third kappa shape index (κ3) is 4.85. The first-order valence-corrected chi connectivity index (χ1v) is 10.9. The fourth-order valence-corrected chi connectivity index (χ4v) is 4.08. The Morgan fingerprint density at radius 2 is 1.67 bits per heavy atom. The molecule has 0 aliphatic heterocycles. The second-order valence-corrected chi connectivity index (χ2v) is 7.86. The highest BCUT2D eigenvalue weighted by Gasteiger charge is 2.18. The van der Waals surface area contributed by atoms with Crippen LogP contribution in [-0.4, -0.2) is 41.3 Å². The Morgan fingerprint density at radius 3 is 2.30 bits per heavy atom. The van der Waals surface area contributed by atoms with Gasteiger partial charge in [-0.1, -0.05) is 11.8 Å². The lowest BCUT2D eigenvalue weighted by Crippen LogP contribution is -2.08. The van der Waals surface area contributed by atoms with Crippen molar-refractivity contribution in [3.63, 3.8) is 0 Å². The third-order valence-corrected chi connectivity index (χ3v) is 5.73. The summed E-state index contributed by atoms with van der Waals surface area (Å²) in [6.45, 7) is 1.84. The predicted octanol–water partition coefficient (Wildman–Crippen LogP) is 4.11. The van der Waals surface area contributed by atoms with Crippen LogP contribution in [0.2, 0.25) is 0 Å². The number of rotatable bonds is 8. The van der Waals surface area contributed by atoms with E-state index >= 15 is 0 Å². The number of hydrogen-bond acceptors (Lipinski definition) is 9. The summed E-state index contributed by atoms with van der Waals surface area (Å²) in [7, 11) is 4.66. The van der Waals surface area contributed by atoms with E-state index in [4.69, 9.17) is 18.6 Å². The fourth-order valence-electron chi connectivity index (χ4n) is 3.20. The Kier molecular flexibility index (Phi) is 6.64. The number of aryl methyl sites for hydroxylation is 1. The van der Waals surface area contributed by atoms with E-state index in [1.807, 2.05) is 19.1 Å². The minimum absolute atomic E-state index is 0.228. The topological polar surface area (TPSA) is 112 Å². The quantitative estimate of drug-likeness (QED) is 0.303. The van der Waals surface area contributed by atoms with Gasteiger partial charge in [0.2, 0.25) is 11.6 Å². The largest absolute Gasteiger partial charge is 0.493 e. The summed E-state index contributed by atoms with van der Waals surface area (Å²) in [5.74, 6) is 3.06. The van der Waals surface area contributed by atoms with Crippen molar-refractivity contribution in [3.8, 4) is 40.0 Å². The van der Waals surface area contributed by atoms with Gasteiger partial charge in [-0.2, -0.15) is 0 Å². The Morgan fingerprint density at radius 1 is 0.970 bits per heavy atom. The lowest BCUT2D eigenvalue weighted by Gasteiger charge is -2.12.